The topological polar surface area (TPSA) is 101 Å². The molecule has 0 aliphatic heterocycles. The molecule has 0 unspecified atom stereocenters. The van der Waals surface area contributed by atoms with Crippen molar-refractivity contribution in [2.24, 2.45) is 5.73 Å². The van der Waals surface area contributed by atoms with E-state index in [0.29, 0.717) is 24.5 Å². The van der Waals surface area contributed by atoms with Crippen LogP contribution in [-0.2, 0) is 11.3 Å². The molecule has 3 aromatic rings. The van der Waals surface area contributed by atoms with Gasteiger partial charge in [0.1, 0.15) is 11.5 Å². The Morgan fingerprint density at radius 1 is 1.18 bits per heavy atom. The minimum absolute atomic E-state index is 0.0223. The summed E-state index contributed by atoms with van der Waals surface area (Å²) in [6, 6.07) is 11.8. The van der Waals surface area contributed by atoms with Crippen LogP contribution in [0.2, 0.25) is 5.02 Å². The fourth-order valence-electron chi connectivity index (χ4n) is 3.01. The smallest absolute Gasteiger partial charge is 0.464 e. The molecule has 0 bridgehead atoms. The third-order valence-electron chi connectivity index (χ3n) is 4.49. The van der Waals surface area contributed by atoms with Crippen molar-refractivity contribution in [3.05, 3.63) is 64.8 Å². The second-order valence-electron chi connectivity index (χ2n) is 6.99. The van der Waals surface area contributed by atoms with Crippen LogP contribution in [0.5, 0.6) is 17.5 Å². The van der Waals surface area contributed by atoms with Gasteiger partial charge in [0.2, 0.25) is 0 Å². The molecule has 0 fully saturated rings. The van der Waals surface area contributed by atoms with Crippen molar-refractivity contribution >= 4 is 23.4 Å². The number of benzene rings is 2. The molecule has 34 heavy (non-hydrogen) atoms. The molecule has 3 N–H and O–H groups in total. The minimum atomic E-state index is -4.86. The number of alkyl halides is 3. The Kier molecular flexibility index (Phi) is 8.24. The van der Waals surface area contributed by atoms with Crippen LogP contribution in [0, 0.1) is 0 Å². The molecule has 182 valence electrons. The fraction of sp³-hybridized carbons (Fsp3) is 0.273. The first-order chi connectivity index (χ1) is 16.2. The van der Waals surface area contributed by atoms with Gasteiger partial charge in [0.25, 0.3) is 0 Å². The molecular formula is C22H22ClF3N4O4. The number of nitrogens with one attached hydrogen (secondary N) is 1. The number of nitrogens with two attached hydrogens (primary N) is 1. The number of carbonyl (C=O) groups excluding carboxylic acids is 1. The number of esters is 1. The van der Waals surface area contributed by atoms with E-state index in [-0.39, 0.29) is 29.8 Å². The van der Waals surface area contributed by atoms with Crippen LogP contribution < -0.4 is 20.5 Å². The van der Waals surface area contributed by atoms with Gasteiger partial charge in [-0.15, -0.1) is 13.2 Å². The Bertz CT molecular complexity index is 1120. The molecule has 8 nitrogen and oxygen atoms in total. The number of imidazole rings is 1. The van der Waals surface area contributed by atoms with Crippen molar-refractivity contribution in [1.82, 2.24) is 9.55 Å². The summed E-state index contributed by atoms with van der Waals surface area (Å²) in [6.07, 6.45) is -4.25. The molecule has 0 atom stereocenters. The predicted molar refractivity (Wildman–Crippen MR) is 119 cm³/mol. The molecular weight excluding hydrogens is 477 g/mol. The summed E-state index contributed by atoms with van der Waals surface area (Å²) in [5, 5.41) is 3.56. The van der Waals surface area contributed by atoms with Gasteiger partial charge >= 0.3 is 18.3 Å². The summed E-state index contributed by atoms with van der Waals surface area (Å²) >= 11 is 5.96. The average Bonchev–Trinajstić information content (AvgIpc) is 3.10. The number of aromatic nitrogens is 2. The molecule has 1 aromatic heterocycles. The zero-order valence-electron chi connectivity index (χ0n) is 18.1. The molecule has 0 radical (unpaired) electrons. The summed E-state index contributed by atoms with van der Waals surface area (Å²) in [5.74, 6) is -0.933. The highest BCUT2D eigenvalue weighted by molar-refractivity contribution is 6.30. The van der Waals surface area contributed by atoms with Crippen LogP contribution in [0.1, 0.15) is 22.5 Å². The van der Waals surface area contributed by atoms with E-state index in [1.165, 1.54) is 23.8 Å². The Morgan fingerprint density at radius 2 is 1.88 bits per heavy atom. The highest BCUT2D eigenvalue weighted by Crippen LogP contribution is 2.32. The molecule has 0 saturated heterocycles. The maximum atomic E-state index is 12.6. The number of ether oxygens (including phenoxy) is 3. The van der Waals surface area contributed by atoms with E-state index < -0.39 is 18.1 Å². The second kappa shape index (κ2) is 11.1. The van der Waals surface area contributed by atoms with Crippen molar-refractivity contribution in [2.45, 2.75) is 19.3 Å². The molecule has 2 aromatic carbocycles. The number of carbonyl (C=O) groups is 1. The zero-order valence-corrected chi connectivity index (χ0v) is 18.8. The van der Waals surface area contributed by atoms with Gasteiger partial charge in [-0.2, -0.15) is 4.98 Å². The third-order valence-corrected chi connectivity index (χ3v) is 4.74. The third kappa shape index (κ3) is 6.78. The Labute approximate surface area is 198 Å². The summed E-state index contributed by atoms with van der Waals surface area (Å²) < 4.78 is 54.0. The predicted octanol–water partition coefficient (Wildman–Crippen LogP) is 4.82. The van der Waals surface area contributed by atoms with E-state index in [1.54, 1.807) is 24.3 Å². The van der Waals surface area contributed by atoms with Gasteiger partial charge in [-0.3, -0.25) is 4.57 Å². The Morgan fingerprint density at radius 3 is 2.53 bits per heavy atom. The van der Waals surface area contributed by atoms with Crippen LogP contribution in [0.25, 0.3) is 0 Å². The lowest BCUT2D eigenvalue weighted by atomic mass is 10.2. The number of hydrogen-bond acceptors (Lipinski definition) is 7. The van der Waals surface area contributed by atoms with Crippen molar-refractivity contribution in [3.8, 4) is 17.5 Å². The quantitative estimate of drug-likeness (QED) is 0.305. The number of anilines is 1. The lowest BCUT2D eigenvalue weighted by molar-refractivity contribution is -0.274. The first kappa shape index (κ1) is 25.2. The molecule has 0 spiro atoms. The number of methoxy groups -OCH3 is 1. The van der Waals surface area contributed by atoms with Gasteiger partial charge in [0.15, 0.2) is 11.5 Å². The van der Waals surface area contributed by atoms with Crippen LogP contribution >= 0.6 is 11.6 Å². The maximum Gasteiger partial charge on any atom is 0.573 e. The molecule has 0 saturated carbocycles. The molecule has 3 rings (SSSR count). The Hall–Kier alpha value is -3.44. The molecule has 12 heteroatoms. The summed E-state index contributed by atoms with van der Waals surface area (Å²) in [4.78, 5) is 17.0. The van der Waals surface area contributed by atoms with E-state index >= 15 is 0 Å². The van der Waals surface area contributed by atoms with E-state index in [1.807, 2.05) is 0 Å². The maximum absolute atomic E-state index is 12.6. The van der Waals surface area contributed by atoms with Gasteiger partial charge in [-0.25, -0.2) is 4.79 Å². The van der Waals surface area contributed by atoms with E-state index in [2.05, 4.69) is 15.0 Å². The Balaban J connectivity index is 2.02. The van der Waals surface area contributed by atoms with Crippen molar-refractivity contribution in [1.29, 1.82) is 0 Å². The van der Waals surface area contributed by atoms with Crippen LogP contribution in [0.15, 0.2) is 48.5 Å². The highest BCUT2D eigenvalue weighted by Gasteiger charge is 2.31. The zero-order chi connectivity index (χ0) is 24.7. The van der Waals surface area contributed by atoms with Gasteiger partial charge in [-0.05, 0) is 42.8 Å². The highest BCUT2D eigenvalue weighted by atomic mass is 35.5. The number of nitrogens with zero attached hydrogens (tertiary/aromatic N) is 2. The first-order valence-electron chi connectivity index (χ1n) is 10.1. The van der Waals surface area contributed by atoms with E-state index in [0.717, 1.165) is 17.7 Å². The minimum Gasteiger partial charge on any atom is -0.464 e. The lowest BCUT2D eigenvalue weighted by Gasteiger charge is -2.13. The van der Waals surface area contributed by atoms with Gasteiger partial charge in [-0.1, -0.05) is 29.8 Å². The normalized spacial score (nSPS) is 11.2. The first-order valence-corrected chi connectivity index (χ1v) is 10.5. The van der Waals surface area contributed by atoms with Crippen LogP contribution in [0.4, 0.5) is 19.0 Å². The van der Waals surface area contributed by atoms with Crippen molar-refractivity contribution in [3.63, 3.8) is 0 Å². The second-order valence-corrected chi connectivity index (χ2v) is 7.43. The standard InChI is InChI=1S/C22H22ClF3N4O4/c1-32-20(31)18-19(28-11-3-10-27)29-21(30(18)13-14-6-8-15(23)9-7-14)33-16-4-2-5-17(12-16)34-22(24,25)26/h2,4-9,12,28H,3,10-11,13,27H2,1H3. The molecule has 0 aliphatic carbocycles. The summed E-state index contributed by atoms with van der Waals surface area (Å²) in [7, 11) is 1.23. The average molecular weight is 499 g/mol. The fourth-order valence-corrected chi connectivity index (χ4v) is 3.13. The summed E-state index contributed by atoms with van der Waals surface area (Å²) in [6.45, 7) is 0.982. The van der Waals surface area contributed by atoms with Crippen molar-refractivity contribution < 1.29 is 32.2 Å². The van der Waals surface area contributed by atoms with Crippen LogP contribution in [-0.4, -0.2) is 42.1 Å². The monoisotopic (exact) mass is 498 g/mol. The largest absolute Gasteiger partial charge is 0.573 e. The van der Waals surface area contributed by atoms with E-state index in [9.17, 15) is 18.0 Å². The van der Waals surface area contributed by atoms with Crippen LogP contribution in [0.3, 0.4) is 0 Å². The molecule has 0 aliphatic rings. The lowest BCUT2D eigenvalue weighted by Crippen LogP contribution is -2.17. The number of hydrogen-bond donors (Lipinski definition) is 2. The number of rotatable bonds is 10. The van der Waals surface area contributed by atoms with Gasteiger partial charge in [0, 0.05) is 17.6 Å². The molecule has 0 amide bonds. The van der Waals surface area contributed by atoms with Gasteiger partial charge in [0.05, 0.1) is 13.7 Å². The van der Waals surface area contributed by atoms with Crippen molar-refractivity contribution in [2.75, 3.05) is 25.5 Å². The van der Waals surface area contributed by atoms with E-state index in [4.69, 9.17) is 26.8 Å². The molecule has 1 heterocycles. The summed E-state index contributed by atoms with van der Waals surface area (Å²) in [5.41, 5.74) is 6.38. The van der Waals surface area contributed by atoms with Gasteiger partial charge < -0.3 is 25.3 Å². The number of halogens is 4. The SMILES string of the molecule is COC(=O)c1c(NCCCN)nc(Oc2cccc(OC(F)(F)F)c2)n1Cc1ccc(Cl)cc1.